The molecule has 3 N–H and O–H groups in total. The summed E-state index contributed by atoms with van der Waals surface area (Å²) in [4.78, 5) is 25.8. The van der Waals surface area contributed by atoms with Gasteiger partial charge in [0, 0.05) is 7.05 Å². The predicted molar refractivity (Wildman–Crippen MR) is 100 cm³/mol. The monoisotopic (exact) mass is 355 g/mol. The second kappa shape index (κ2) is 9.64. The number of halogens is 1. The fourth-order valence-corrected chi connectivity index (χ4v) is 2.34. The first-order valence-corrected chi connectivity index (χ1v) is 8.01. The van der Waals surface area contributed by atoms with E-state index in [1.165, 1.54) is 0 Å². The molecule has 0 aliphatic heterocycles. The molecule has 0 spiro atoms. The van der Waals surface area contributed by atoms with Gasteiger partial charge in [0.05, 0.1) is 18.6 Å². The van der Waals surface area contributed by atoms with Gasteiger partial charge in [-0.15, -0.1) is 12.4 Å². The summed E-state index contributed by atoms with van der Waals surface area (Å²) in [6.07, 6.45) is 0. The van der Waals surface area contributed by atoms with Crippen molar-refractivity contribution in [2.24, 2.45) is 11.7 Å². The molecule has 0 aliphatic rings. The lowest BCUT2D eigenvalue weighted by Gasteiger charge is -2.27. The first-order valence-electron chi connectivity index (χ1n) is 8.01. The number of likely N-dealkylation sites (N-methyl/N-ethyl adjacent to an activating group) is 1. The Bertz CT molecular complexity index is 575. The number of carbonyl (C=O) groups is 2. The lowest BCUT2D eigenvalue weighted by atomic mass is 9.99. The van der Waals surface area contributed by atoms with Crippen molar-refractivity contribution in [3.8, 4) is 0 Å². The highest BCUT2D eigenvalue weighted by Gasteiger charge is 2.21. The SMILES string of the molecule is Cc1ccc(C)c(C(C)N(C)C(=O)CNC(=O)[C@@H](N)C(C)C)c1.Cl. The lowest BCUT2D eigenvalue weighted by molar-refractivity contribution is -0.133. The minimum absolute atomic E-state index is 0. The Morgan fingerprint density at radius 2 is 1.79 bits per heavy atom. The molecule has 0 saturated carbocycles. The minimum Gasteiger partial charge on any atom is -0.346 e. The van der Waals surface area contributed by atoms with Gasteiger partial charge in [0.2, 0.25) is 11.8 Å². The van der Waals surface area contributed by atoms with Crippen LogP contribution in [0.4, 0.5) is 0 Å². The molecule has 1 unspecified atom stereocenters. The van der Waals surface area contributed by atoms with Gasteiger partial charge in [0.25, 0.3) is 0 Å². The molecule has 0 radical (unpaired) electrons. The van der Waals surface area contributed by atoms with Crippen molar-refractivity contribution in [1.82, 2.24) is 10.2 Å². The molecule has 24 heavy (non-hydrogen) atoms. The van der Waals surface area contributed by atoms with Crippen molar-refractivity contribution in [3.05, 3.63) is 34.9 Å². The Morgan fingerprint density at radius 1 is 1.21 bits per heavy atom. The molecule has 1 aromatic rings. The van der Waals surface area contributed by atoms with Crippen LogP contribution in [0.25, 0.3) is 0 Å². The van der Waals surface area contributed by atoms with Crippen molar-refractivity contribution < 1.29 is 9.59 Å². The number of aryl methyl sites for hydroxylation is 2. The van der Waals surface area contributed by atoms with Crippen LogP contribution >= 0.6 is 12.4 Å². The molecule has 0 saturated heterocycles. The maximum atomic E-state index is 12.3. The molecule has 0 heterocycles. The highest BCUT2D eigenvalue weighted by atomic mass is 35.5. The summed E-state index contributed by atoms with van der Waals surface area (Å²) in [6, 6.07) is 5.56. The third-order valence-electron chi connectivity index (χ3n) is 4.29. The van der Waals surface area contributed by atoms with Crippen molar-refractivity contribution in [1.29, 1.82) is 0 Å². The molecule has 5 nitrogen and oxygen atoms in total. The van der Waals surface area contributed by atoms with Crippen LogP contribution in [0.2, 0.25) is 0 Å². The van der Waals surface area contributed by atoms with Crippen LogP contribution in [0.3, 0.4) is 0 Å². The summed E-state index contributed by atoms with van der Waals surface area (Å²) < 4.78 is 0. The normalized spacial score (nSPS) is 13.0. The van der Waals surface area contributed by atoms with Crippen molar-refractivity contribution in [3.63, 3.8) is 0 Å². The van der Waals surface area contributed by atoms with E-state index in [4.69, 9.17) is 5.73 Å². The van der Waals surface area contributed by atoms with Crippen LogP contribution in [-0.4, -0.2) is 36.3 Å². The number of hydrogen-bond acceptors (Lipinski definition) is 3. The first kappa shape index (κ1) is 22.4. The molecule has 0 aliphatic carbocycles. The number of nitrogens with one attached hydrogen (secondary N) is 1. The van der Waals surface area contributed by atoms with Gasteiger partial charge in [-0.2, -0.15) is 0 Å². The standard InChI is InChI=1S/C18H29N3O2.ClH/c1-11(2)17(19)18(23)20-10-16(22)21(6)14(5)15-9-12(3)7-8-13(15)4;/h7-9,11,14,17H,10,19H2,1-6H3,(H,20,23);1H/t14?,17-;/m0./s1. The predicted octanol–water partition coefficient (Wildman–Crippen LogP) is 2.34. The van der Waals surface area contributed by atoms with Crippen LogP contribution in [0.1, 0.15) is 43.5 Å². The molecule has 1 aromatic carbocycles. The summed E-state index contributed by atoms with van der Waals surface area (Å²) in [5.74, 6) is -0.388. The molecular formula is C18H30ClN3O2. The number of carbonyl (C=O) groups excluding carboxylic acids is 2. The molecule has 6 heteroatoms. The van der Waals surface area contributed by atoms with Gasteiger partial charge < -0.3 is 16.0 Å². The summed E-state index contributed by atoms with van der Waals surface area (Å²) in [6.45, 7) is 9.77. The molecular weight excluding hydrogens is 326 g/mol. The molecule has 0 fully saturated rings. The average Bonchev–Trinajstić information content (AvgIpc) is 2.52. The van der Waals surface area contributed by atoms with E-state index >= 15 is 0 Å². The second-order valence-corrected chi connectivity index (χ2v) is 6.53. The Morgan fingerprint density at radius 3 is 2.33 bits per heavy atom. The van der Waals surface area contributed by atoms with Crippen LogP contribution in [0.5, 0.6) is 0 Å². The number of nitrogens with two attached hydrogens (primary N) is 1. The van der Waals surface area contributed by atoms with Crippen LogP contribution in [-0.2, 0) is 9.59 Å². The van der Waals surface area contributed by atoms with Gasteiger partial charge in [-0.25, -0.2) is 0 Å². The largest absolute Gasteiger partial charge is 0.346 e. The van der Waals surface area contributed by atoms with Gasteiger partial charge in [0.1, 0.15) is 0 Å². The molecule has 0 bridgehead atoms. The summed E-state index contributed by atoms with van der Waals surface area (Å²) in [7, 11) is 1.75. The number of benzene rings is 1. The maximum Gasteiger partial charge on any atom is 0.242 e. The second-order valence-electron chi connectivity index (χ2n) is 6.53. The minimum atomic E-state index is -0.593. The molecule has 136 valence electrons. The van der Waals surface area contributed by atoms with E-state index in [0.29, 0.717) is 0 Å². The number of rotatable bonds is 6. The van der Waals surface area contributed by atoms with Crippen molar-refractivity contribution in [2.75, 3.05) is 13.6 Å². The number of hydrogen-bond donors (Lipinski definition) is 2. The summed E-state index contributed by atoms with van der Waals surface area (Å²) in [5.41, 5.74) is 9.20. The molecule has 1 rings (SSSR count). The molecule has 2 atom stereocenters. The first-order chi connectivity index (χ1) is 10.6. The van der Waals surface area contributed by atoms with Crippen LogP contribution < -0.4 is 11.1 Å². The van der Waals surface area contributed by atoms with E-state index < -0.39 is 6.04 Å². The van der Waals surface area contributed by atoms with E-state index in [9.17, 15) is 9.59 Å². The van der Waals surface area contributed by atoms with E-state index in [1.807, 2.05) is 34.6 Å². The van der Waals surface area contributed by atoms with E-state index in [2.05, 4.69) is 23.5 Å². The van der Waals surface area contributed by atoms with Gasteiger partial charge in [-0.1, -0.05) is 37.6 Å². The van der Waals surface area contributed by atoms with Crippen molar-refractivity contribution in [2.45, 2.75) is 46.7 Å². The zero-order chi connectivity index (χ0) is 17.7. The zero-order valence-electron chi connectivity index (χ0n) is 15.4. The fourth-order valence-electron chi connectivity index (χ4n) is 2.34. The summed E-state index contributed by atoms with van der Waals surface area (Å²) in [5, 5.41) is 2.62. The highest BCUT2D eigenvalue weighted by molar-refractivity contribution is 5.87. The van der Waals surface area contributed by atoms with Gasteiger partial charge in [-0.3, -0.25) is 9.59 Å². The van der Waals surface area contributed by atoms with E-state index in [0.717, 1.165) is 16.7 Å². The van der Waals surface area contributed by atoms with Gasteiger partial charge in [0.15, 0.2) is 0 Å². The van der Waals surface area contributed by atoms with Gasteiger partial charge in [-0.05, 0) is 37.8 Å². The number of amides is 2. The Labute approximate surface area is 151 Å². The van der Waals surface area contributed by atoms with E-state index in [-0.39, 0.29) is 42.7 Å². The third kappa shape index (κ3) is 5.80. The quantitative estimate of drug-likeness (QED) is 0.822. The van der Waals surface area contributed by atoms with Gasteiger partial charge >= 0.3 is 0 Å². The lowest BCUT2D eigenvalue weighted by Crippen LogP contribution is -2.47. The van der Waals surface area contributed by atoms with E-state index in [1.54, 1.807) is 11.9 Å². The Hall–Kier alpha value is -1.59. The molecule has 2 amide bonds. The average molecular weight is 356 g/mol. The Balaban J connectivity index is 0.00000529. The third-order valence-corrected chi connectivity index (χ3v) is 4.29. The maximum absolute atomic E-state index is 12.3. The topological polar surface area (TPSA) is 75.4 Å². The zero-order valence-corrected chi connectivity index (χ0v) is 16.2. The van der Waals surface area contributed by atoms with Crippen LogP contribution in [0, 0.1) is 19.8 Å². The Kier molecular flexibility index (Phi) is 9.01. The smallest absolute Gasteiger partial charge is 0.242 e. The van der Waals surface area contributed by atoms with Crippen LogP contribution in [0.15, 0.2) is 18.2 Å². The molecule has 0 aromatic heterocycles. The fraction of sp³-hybridized carbons (Fsp3) is 0.556. The van der Waals surface area contributed by atoms with Crippen molar-refractivity contribution >= 4 is 24.2 Å². The number of nitrogens with zero attached hydrogens (tertiary/aromatic N) is 1. The highest BCUT2D eigenvalue weighted by Crippen LogP contribution is 2.23. The summed E-state index contributed by atoms with van der Waals surface area (Å²) >= 11 is 0.